The number of anilines is 1. The zero-order valence-electron chi connectivity index (χ0n) is 12.2. The molecule has 0 aromatic heterocycles. The summed E-state index contributed by atoms with van der Waals surface area (Å²) < 4.78 is 5.40. The van der Waals surface area contributed by atoms with Gasteiger partial charge in [-0.1, -0.05) is 19.4 Å². The number of ether oxygens (including phenoxy) is 1. The predicted octanol–water partition coefficient (Wildman–Crippen LogP) is 3.37. The van der Waals surface area contributed by atoms with E-state index in [1.807, 2.05) is 19.1 Å². The van der Waals surface area contributed by atoms with E-state index in [4.69, 9.17) is 4.74 Å². The van der Waals surface area contributed by atoms with E-state index in [-0.39, 0.29) is 0 Å². The van der Waals surface area contributed by atoms with Gasteiger partial charge in [0.2, 0.25) is 0 Å². The second kappa shape index (κ2) is 6.29. The van der Waals surface area contributed by atoms with Crippen molar-refractivity contribution in [3.05, 3.63) is 23.8 Å². The Bertz CT molecular complexity index is 417. The van der Waals surface area contributed by atoms with Gasteiger partial charge in [-0.2, -0.15) is 0 Å². The maximum absolute atomic E-state index is 10.1. The van der Waals surface area contributed by atoms with Crippen molar-refractivity contribution in [2.75, 3.05) is 25.1 Å². The molecule has 3 nitrogen and oxygen atoms in total. The zero-order chi connectivity index (χ0) is 13.8. The first-order valence-corrected chi connectivity index (χ1v) is 7.27. The Morgan fingerprint density at radius 2 is 2.26 bits per heavy atom. The van der Waals surface area contributed by atoms with E-state index in [1.54, 1.807) is 7.11 Å². The van der Waals surface area contributed by atoms with E-state index < -0.39 is 6.10 Å². The van der Waals surface area contributed by atoms with Crippen LogP contribution in [0.25, 0.3) is 0 Å². The molecule has 1 heterocycles. The fourth-order valence-electron chi connectivity index (χ4n) is 3.02. The quantitative estimate of drug-likeness (QED) is 0.904. The molecular formula is C16H25NO2. The van der Waals surface area contributed by atoms with Crippen LogP contribution in [0.3, 0.4) is 0 Å². The normalized spacial score (nSPS) is 21.3. The Kier molecular flexibility index (Phi) is 4.70. The third-order valence-corrected chi connectivity index (χ3v) is 4.12. The van der Waals surface area contributed by atoms with E-state index in [0.29, 0.717) is 0 Å². The average molecular weight is 263 g/mol. The summed E-state index contributed by atoms with van der Waals surface area (Å²) in [7, 11) is 1.66. The van der Waals surface area contributed by atoms with Crippen LogP contribution in [0.2, 0.25) is 0 Å². The Balaban J connectivity index is 2.33. The molecule has 0 radical (unpaired) electrons. The molecule has 0 spiro atoms. The van der Waals surface area contributed by atoms with Crippen LogP contribution in [0.15, 0.2) is 18.2 Å². The Labute approximate surface area is 116 Å². The van der Waals surface area contributed by atoms with Gasteiger partial charge in [-0.15, -0.1) is 0 Å². The second-order valence-electron chi connectivity index (χ2n) is 5.43. The van der Waals surface area contributed by atoms with Gasteiger partial charge in [-0.3, -0.25) is 0 Å². The standard InChI is InChI=1S/C16H25NO2/c1-4-13-7-6-10-17(11-13)14-8-5-9-15(19-3)16(14)12(2)18/h5,8-9,12-13,18H,4,6-7,10-11H2,1-3H3. The highest BCUT2D eigenvalue weighted by atomic mass is 16.5. The molecule has 0 saturated carbocycles. The van der Waals surface area contributed by atoms with Gasteiger partial charge in [-0.05, 0) is 37.8 Å². The van der Waals surface area contributed by atoms with Crippen molar-refractivity contribution in [1.29, 1.82) is 0 Å². The lowest BCUT2D eigenvalue weighted by Gasteiger charge is -2.36. The molecule has 1 fully saturated rings. The fraction of sp³-hybridized carbons (Fsp3) is 0.625. The molecule has 0 bridgehead atoms. The summed E-state index contributed by atoms with van der Waals surface area (Å²) in [5.41, 5.74) is 2.05. The minimum Gasteiger partial charge on any atom is -0.496 e. The van der Waals surface area contributed by atoms with E-state index in [9.17, 15) is 5.11 Å². The number of aliphatic hydroxyl groups excluding tert-OH is 1. The Morgan fingerprint density at radius 3 is 2.89 bits per heavy atom. The largest absolute Gasteiger partial charge is 0.496 e. The van der Waals surface area contributed by atoms with Gasteiger partial charge < -0.3 is 14.7 Å². The van der Waals surface area contributed by atoms with Crippen LogP contribution >= 0.6 is 0 Å². The first-order chi connectivity index (χ1) is 9.17. The molecule has 1 N–H and O–H groups in total. The molecule has 1 saturated heterocycles. The molecule has 19 heavy (non-hydrogen) atoms. The van der Waals surface area contributed by atoms with Gasteiger partial charge >= 0.3 is 0 Å². The summed E-state index contributed by atoms with van der Waals surface area (Å²) in [5, 5.41) is 10.1. The van der Waals surface area contributed by atoms with Crippen LogP contribution in [0.4, 0.5) is 5.69 Å². The minimum atomic E-state index is -0.506. The molecular weight excluding hydrogens is 238 g/mol. The van der Waals surface area contributed by atoms with Gasteiger partial charge in [0.05, 0.1) is 13.2 Å². The van der Waals surface area contributed by atoms with Crippen molar-refractivity contribution in [2.24, 2.45) is 5.92 Å². The molecule has 2 atom stereocenters. The lowest BCUT2D eigenvalue weighted by Crippen LogP contribution is -2.35. The topological polar surface area (TPSA) is 32.7 Å². The van der Waals surface area contributed by atoms with Crippen molar-refractivity contribution >= 4 is 5.69 Å². The van der Waals surface area contributed by atoms with Crippen LogP contribution < -0.4 is 9.64 Å². The predicted molar refractivity (Wildman–Crippen MR) is 78.9 cm³/mol. The Hall–Kier alpha value is -1.22. The summed E-state index contributed by atoms with van der Waals surface area (Å²) in [5.74, 6) is 1.55. The number of hydrogen-bond acceptors (Lipinski definition) is 3. The summed E-state index contributed by atoms with van der Waals surface area (Å²) in [4.78, 5) is 2.41. The van der Waals surface area contributed by atoms with Gasteiger partial charge in [-0.25, -0.2) is 0 Å². The molecule has 3 heteroatoms. The highest BCUT2D eigenvalue weighted by Crippen LogP contribution is 2.36. The lowest BCUT2D eigenvalue weighted by molar-refractivity contribution is 0.194. The fourth-order valence-corrected chi connectivity index (χ4v) is 3.02. The third kappa shape index (κ3) is 3.03. The molecule has 0 amide bonds. The van der Waals surface area contributed by atoms with Gasteiger partial charge in [0.15, 0.2) is 0 Å². The van der Waals surface area contributed by atoms with Gasteiger partial charge in [0.25, 0.3) is 0 Å². The first-order valence-electron chi connectivity index (χ1n) is 7.27. The number of aliphatic hydroxyl groups is 1. The zero-order valence-corrected chi connectivity index (χ0v) is 12.2. The third-order valence-electron chi connectivity index (χ3n) is 4.12. The monoisotopic (exact) mass is 263 g/mol. The maximum atomic E-state index is 10.1. The summed E-state index contributed by atoms with van der Waals surface area (Å²) in [6, 6.07) is 6.03. The van der Waals surface area contributed by atoms with Crippen molar-refractivity contribution in [2.45, 2.75) is 39.2 Å². The highest BCUT2D eigenvalue weighted by molar-refractivity contribution is 5.60. The van der Waals surface area contributed by atoms with Crippen molar-refractivity contribution < 1.29 is 9.84 Å². The van der Waals surface area contributed by atoms with E-state index in [0.717, 1.165) is 36.0 Å². The molecule has 2 rings (SSSR count). The molecule has 1 aliphatic rings. The molecule has 1 aromatic carbocycles. The molecule has 1 aromatic rings. The van der Waals surface area contributed by atoms with Crippen molar-refractivity contribution in [3.63, 3.8) is 0 Å². The van der Waals surface area contributed by atoms with Crippen LogP contribution in [0.5, 0.6) is 5.75 Å². The van der Waals surface area contributed by atoms with Crippen LogP contribution in [-0.4, -0.2) is 25.3 Å². The maximum Gasteiger partial charge on any atom is 0.126 e. The summed E-state index contributed by atoms with van der Waals surface area (Å²) in [6.45, 7) is 6.23. The van der Waals surface area contributed by atoms with Crippen molar-refractivity contribution in [3.8, 4) is 5.75 Å². The van der Waals surface area contributed by atoms with Crippen LogP contribution in [0, 0.1) is 5.92 Å². The van der Waals surface area contributed by atoms with E-state index >= 15 is 0 Å². The summed E-state index contributed by atoms with van der Waals surface area (Å²) >= 11 is 0. The number of nitrogens with zero attached hydrogens (tertiary/aromatic N) is 1. The van der Waals surface area contributed by atoms with Gasteiger partial charge in [0, 0.05) is 24.3 Å². The molecule has 0 aliphatic carbocycles. The average Bonchev–Trinajstić information content (AvgIpc) is 2.46. The molecule has 106 valence electrons. The minimum absolute atomic E-state index is 0.506. The number of rotatable bonds is 4. The van der Waals surface area contributed by atoms with Crippen LogP contribution in [-0.2, 0) is 0 Å². The first kappa shape index (κ1) is 14.2. The second-order valence-corrected chi connectivity index (χ2v) is 5.43. The molecule has 2 unspecified atom stereocenters. The smallest absolute Gasteiger partial charge is 0.126 e. The molecule has 1 aliphatic heterocycles. The number of benzene rings is 1. The van der Waals surface area contributed by atoms with E-state index in [2.05, 4.69) is 17.9 Å². The Morgan fingerprint density at radius 1 is 1.47 bits per heavy atom. The highest BCUT2D eigenvalue weighted by Gasteiger charge is 2.23. The number of piperidine rings is 1. The van der Waals surface area contributed by atoms with Gasteiger partial charge in [0.1, 0.15) is 5.75 Å². The van der Waals surface area contributed by atoms with Crippen molar-refractivity contribution in [1.82, 2.24) is 0 Å². The number of methoxy groups -OCH3 is 1. The van der Waals surface area contributed by atoms with E-state index in [1.165, 1.54) is 19.3 Å². The number of hydrogen-bond donors (Lipinski definition) is 1. The summed E-state index contributed by atoms with van der Waals surface area (Å²) in [6.07, 6.45) is 3.27. The SMILES string of the molecule is CCC1CCCN(c2cccc(OC)c2C(C)O)C1. The lowest BCUT2D eigenvalue weighted by atomic mass is 9.94. The van der Waals surface area contributed by atoms with Crippen LogP contribution in [0.1, 0.15) is 44.8 Å².